The molecule has 1 fully saturated rings. The predicted octanol–water partition coefficient (Wildman–Crippen LogP) is 1.78. The highest BCUT2D eigenvalue weighted by Crippen LogP contribution is 2.32. The second-order valence-electron chi connectivity index (χ2n) is 3.84. The maximum absolute atomic E-state index is 4.25. The third-order valence-corrected chi connectivity index (χ3v) is 2.96. The standard InChI is InChI=1S/C10H12N4/c1-2-4-8(3-1)10-13-12-9-7-11-5-6-14(9)10/h5-8H,1-4H2. The monoisotopic (exact) mass is 188 g/mol. The number of hydrogen-bond donors (Lipinski definition) is 0. The van der Waals surface area contributed by atoms with E-state index in [1.807, 2.05) is 6.20 Å². The van der Waals surface area contributed by atoms with Crippen LogP contribution in [0.2, 0.25) is 0 Å². The summed E-state index contributed by atoms with van der Waals surface area (Å²) in [6, 6.07) is 0. The van der Waals surface area contributed by atoms with E-state index in [9.17, 15) is 0 Å². The Balaban J connectivity index is 2.11. The van der Waals surface area contributed by atoms with Gasteiger partial charge in [0.05, 0.1) is 6.20 Å². The van der Waals surface area contributed by atoms with Crippen LogP contribution >= 0.6 is 0 Å². The Hall–Kier alpha value is -1.45. The molecule has 0 saturated heterocycles. The Morgan fingerprint density at radius 2 is 2.07 bits per heavy atom. The molecule has 14 heavy (non-hydrogen) atoms. The van der Waals surface area contributed by atoms with E-state index in [2.05, 4.69) is 19.6 Å². The molecule has 72 valence electrons. The van der Waals surface area contributed by atoms with Crippen LogP contribution in [0.15, 0.2) is 18.6 Å². The first kappa shape index (κ1) is 7.91. The molecular formula is C10H12N4. The molecule has 2 aromatic rings. The molecule has 0 aromatic carbocycles. The van der Waals surface area contributed by atoms with Crippen LogP contribution in [-0.2, 0) is 0 Å². The van der Waals surface area contributed by atoms with Gasteiger partial charge in [0.1, 0.15) is 5.82 Å². The summed E-state index contributed by atoms with van der Waals surface area (Å²) in [4.78, 5) is 4.03. The minimum absolute atomic E-state index is 0.604. The van der Waals surface area contributed by atoms with Gasteiger partial charge in [-0.2, -0.15) is 0 Å². The van der Waals surface area contributed by atoms with Crippen LogP contribution in [-0.4, -0.2) is 19.6 Å². The van der Waals surface area contributed by atoms with Crippen molar-refractivity contribution in [3.05, 3.63) is 24.4 Å². The highest BCUT2D eigenvalue weighted by molar-refractivity contribution is 5.34. The van der Waals surface area contributed by atoms with E-state index >= 15 is 0 Å². The van der Waals surface area contributed by atoms with Crippen LogP contribution in [0.25, 0.3) is 5.65 Å². The fraction of sp³-hybridized carbons (Fsp3) is 0.500. The summed E-state index contributed by atoms with van der Waals surface area (Å²) in [6.45, 7) is 0. The Morgan fingerprint density at radius 1 is 1.21 bits per heavy atom. The van der Waals surface area contributed by atoms with E-state index in [4.69, 9.17) is 0 Å². The van der Waals surface area contributed by atoms with Gasteiger partial charge in [-0.15, -0.1) is 10.2 Å². The third-order valence-electron chi connectivity index (χ3n) is 2.96. The topological polar surface area (TPSA) is 43.1 Å². The first-order valence-electron chi connectivity index (χ1n) is 5.10. The molecule has 4 heteroatoms. The second-order valence-corrected chi connectivity index (χ2v) is 3.84. The summed E-state index contributed by atoms with van der Waals surface area (Å²) >= 11 is 0. The molecule has 3 rings (SSSR count). The Bertz CT molecular complexity index is 442. The average Bonchev–Trinajstić information content (AvgIpc) is 2.85. The molecule has 1 aliphatic carbocycles. The Morgan fingerprint density at radius 3 is 2.93 bits per heavy atom. The van der Waals surface area contributed by atoms with E-state index in [1.54, 1.807) is 12.4 Å². The number of nitrogens with zero attached hydrogens (tertiary/aromatic N) is 4. The molecule has 4 nitrogen and oxygen atoms in total. The lowest BCUT2D eigenvalue weighted by atomic mass is 10.1. The molecular weight excluding hydrogens is 176 g/mol. The van der Waals surface area contributed by atoms with Crippen molar-refractivity contribution in [3.63, 3.8) is 0 Å². The molecule has 0 N–H and O–H groups in total. The van der Waals surface area contributed by atoms with Gasteiger partial charge < -0.3 is 0 Å². The smallest absolute Gasteiger partial charge is 0.179 e. The number of rotatable bonds is 1. The fourth-order valence-electron chi connectivity index (χ4n) is 2.23. The molecule has 0 spiro atoms. The van der Waals surface area contributed by atoms with E-state index in [0.29, 0.717) is 5.92 Å². The lowest BCUT2D eigenvalue weighted by Crippen LogP contribution is -1.99. The van der Waals surface area contributed by atoms with Gasteiger partial charge in [-0.25, -0.2) is 0 Å². The second kappa shape index (κ2) is 3.04. The van der Waals surface area contributed by atoms with Crippen molar-refractivity contribution in [2.75, 3.05) is 0 Å². The zero-order valence-electron chi connectivity index (χ0n) is 7.93. The molecule has 0 unspecified atom stereocenters. The highest BCUT2D eigenvalue weighted by Gasteiger charge is 2.21. The average molecular weight is 188 g/mol. The van der Waals surface area contributed by atoms with Gasteiger partial charge in [-0.05, 0) is 12.8 Å². The van der Waals surface area contributed by atoms with Crippen molar-refractivity contribution < 1.29 is 0 Å². The van der Waals surface area contributed by atoms with Gasteiger partial charge >= 0.3 is 0 Å². The highest BCUT2D eigenvalue weighted by atomic mass is 15.3. The van der Waals surface area contributed by atoms with Gasteiger partial charge in [-0.1, -0.05) is 12.8 Å². The Labute approximate surface area is 82.0 Å². The summed E-state index contributed by atoms with van der Waals surface area (Å²) in [5.41, 5.74) is 0.856. The molecule has 0 radical (unpaired) electrons. The minimum Gasteiger partial charge on any atom is -0.283 e. The lowest BCUT2D eigenvalue weighted by molar-refractivity contribution is 0.658. The van der Waals surface area contributed by atoms with Crippen molar-refractivity contribution in [1.82, 2.24) is 19.6 Å². The number of aromatic nitrogens is 4. The predicted molar refractivity (Wildman–Crippen MR) is 52.0 cm³/mol. The molecule has 2 aromatic heterocycles. The molecule has 0 aliphatic heterocycles. The van der Waals surface area contributed by atoms with Crippen molar-refractivity contribution >= 4 is 5.65 Å². The van der Waals surface area contributed by atoms with Crippen LogP contribution in [0, 0.1) is 0 Å². The minimum atomic E-state index is 0.604. The van der Waals surface area contributed by atoms with Crippen LogP contribution in [0.3, 0.4) is 0 Å². The lowest BCUT2D eigenvalue weighted by Gasteiger charge is -2.05. The Kier molecular flexibility index (Phi) is 1.72. The van der Waals surface area contributed by atoms with Gasteiger partial charge in [0.25, 0.3) is 0 Å². The molecule has 0 atom stereocenters. The number of hydrogen-bond acceptors (Lipinski definition) is 3. The summed E-state index contributed by atoms with van der Waals surface area (Å²) in [5.74, 6) is 1.72. The first-order valence-corrected chi connectivity index (χ1v) is 5.10. The van der Waals surface area contributed by atoms with Gasteiger partial charge in [0, 0.05) is 18.3 Å². The van der Waals surface area contributed by atoms with Crippen molar-refractivity contribution in [3.8, 4) is 0 Å². The summed E-state index contributed by atoms with van der Waals surface area (Å²) < 4.78 is 2.06. The SMILES string of the molecule is c1cn2c(C3CCCC3)nnc2cn1. The van der Waals surface area contributed by atoms with Crippen LogP contribution in [0.5, 0.6) is 0 Å². The molecule has 0 bridgehead atoms. The molecule has 0 amide bonds. The van der Waals surface area contributed by atoms with E-state index in [0.717, 1.165) is 11.5 Å². The van der Waals surface area contributed by atoms with E-state index in [1.165, 1.54) is 25.7 Å². The van der Waals surface area contributed by atoms with Crippen LogP contribution in [0.1, 0.15) is 37.4 Å². The zero-order valence-corrected chi connectivity index (χ0v) is 7.93. The summed E-state index contributed by atoms with van der Waals surface area (Å²) in [7, 11) is 0. The van der Waals surface area contributed by atoms with Crippen molar-refractivity contribution in [1.29, 1.82) is 0 Å². The maximum atomic E-state index is 4.25. The zero-order chi connectivity index (χ0) is 9.38. The van der Waals surface area contributed by atoms with Gasteiger partial charge in [-0.3, -0.25) is 9.38 Å². The molecule has 1 saturated carbocycles. The van der Waals surface area contributed by atoms with E-state index < -0.39 is 0 Å². The number of fused-ring (bicyclic) bond motifs is 1. The fourth-order valence-corrected chi connectivity index (χ4v) is 2.23. The van der Waals surface area contributed by atoms with Crippen LogP contribution < -0.4 is 0 Å². The quantitative estimate of drug-likeness (QED) is 0.685. The summed E-state index contributed by atoms with van der Waals surface area (Å²) in [6.07, 6.45) is 10.6. The van der Waals surface area contributed by atoms with Crippen molar-refractivity contribution in [2.24, 2.45) is 0 Å². The van der Waals surface area contributed by atoms with E-state index in [-0.39, 0.29) is 0 Å². The van der Waals surface area contributed by atoms with Gasteiger partial charge in [0.2, 0.25) is 0 Å². The molecule has 1 aliphatic rings. The maximum Gasteiger partial charge on any atom is 0.179 e. The normalized spacial score (nSPS) is 18.0. The van der Waals surface area contributed by atoms with Crippen LogP contribution in [0.4, 0.5) is 0 Å². The first-order chi connectivity index (χ1) is 6.95. The molecule has 2 heterocycles. The largest absolute Gasteiger partial charge is 0.283 e. The van der Waals surface area contributed by atoms with Gasteiger partial charge in [0.15, 0.2) is 5.65 Å². The van der Waals surface area contributed by atoms with Crippen molar-refractivity contribution in [2.45, 2.75) is 31.6 Å². The third kappa shape index (κ3) is 1.10. The summed E-state index contributed by atoms with van der Waals surface area (Å²) in [5, 5.41) is 8.36.